The molecule has 1 aliphatic heterocycles. The molecule has 8 heteroatoms. The van der Waals surface area contributed by atoms with E-state index in [1.54, 1.807) is 29.3 Å². The number of hydrogen-bond donors (Lipinski definition) is 1. The van der Waals surface area contributed by atoms with Gasteiger partial charge >= 0.3 is 0 Å². The molecule has 0 spiro atoms. The first-order valence-corrected chi connectivity index (χ1v) is 10.5. The van der Waals surface area contributed by atoms with Crippen LogP contribution in [0.2, 0.25) is 0 Å². The van der Waals surface area contributed by atoms with E-state index in [1.165, 1.54) is 10.6 Å². The van der Waals surface area contributed by atoms with Crippen molar-refractivity contribution in [2.45, 2.75) is 12.6 Å². The predicted octanol–water partition coefficient (Wildman–Crippen LogP) is 1.85. The fourth-order valence-corrected chi connectivity index (χ4v) is 4.38. The Hall–Kier alpha value is -2.71. The maximum absolute atomic E-state index is 12.7. The van der Waals surface area contributed by atoms with Gasteiger partial charge in [-0.2, -0.15) is 4.31 Å². The van der Waals surface area contributed by atoms with Gasteiger partial charge in [-0.3, -0.25) is 9.78 Å². The molecular weight excluding hydrogens is 364 g/mol. The summed E-state index contributed by atoms with van der Waals surface area (Å²) in [7, 11) is -3.41. The Balaban J connectivity index is 1.46. The van der Waals surface area contributed by atoms with Crippen molar-refractivity contribution < 1.29 is 13.2 Å². The lowest BCUT2D eigenvalue weighted by Crippen LogP contribution is -2.61. The zero-order chi connectivity index (χ0) is 19.0. The highest BCUT2D eigenvalue weighted by molar-refractivity contribution is 7.88. The molecule has 0 radical (unpaired) electrons. The molecule has 140 valence electrons. The summed E-state index contributed by atoms with van der Waals surface area (Å²) in [5, 5.41) is 0.978. The van der Waals surface area contributed by atoms with Gasteiger partial charge in [0.05, 0.1) is 24.5 Å². The fourth-order valence-electron chi connectivity index (χ4n) is 3.34. The first kappa shape index (κ1) is 17.7. The smallest absolute Gasteiger partial charge is 0.253 e. The Morgan fingerprint density at radius 1 is 1.26 bits per heavy atom. The van der Waals surface area contributed by atoms with Crippen LogP contribution in [0.5, 0.6) is 0 Å². The summed E-state index contributed by atoms with van der Waals surface area (Å²) in [5.74, 6) is -0.0827. The lowest BCUT2D eigenvalue weighted by molar-refractivity contribution is 0.0442. The number of nitrogens with one attached hydrogen (secondary N) is 1. The van der Waals surface area contributed by atoms with Gasteiger partial charge in [0.25, 0.3) is 5.91 Å². The number of rotatable bonds is 5. The van der Waals surface area contributed by atoms with Crippen LogP contribution in [0.15, 0.2) is 54.9 Å². The van der Waals surface area contributed by atoms with Crippen LogP contribution in [0.4, 0.5) is 0 Å². The van der Waals surface area contributed by atoms with E-state index >= 15 is 0 Å². The Bertz CT molecular complexity index is 1070. The number of hydrogen-bond acceptors (Lipinski definition) is 4. The molecule has 4 rings (SSSR count). The largest absolute Gasteiger partial charge is 0.361 e. The molecule has 7 nitrogen and oxygen atoms in total. The fraction of sp³-hybridized carbons (Fsp3) is 0.263. The minimum absolute atomic E-state index is 0.0827. The first-order valence-electron chi connectivity index (χ1n) is 8.65. The number of nitrogens with zero attached hydrogens (tertiary/aromatic N) is 3. The molecule has 0 bridgehead atoms. The van der Waals surface area contributed by atoms with Crippen molar-refractivity contribution in [3.8, 4) is 0 Å². The minimum Gasteiger partial charge on any atom is -0.361 e. The molecule has 27 heavy (non-hydrogen) atoms. The highest BCUT2D eigenvalue weighted by atomic mass is 32.2. The van der Waals surface area contributed by atoms with E-state index in [-0.39, 0.29) is 18.5 Å². The lowest BCUT2D eigenvalue weighted by Gasteiger charge is -2.44. The third-order valence-electron chi connectivity index (χ3n) is 4.83. The van der Waals surface area contributed by atoms with E-state index in [2.05, 4.69) is 9.97 Å². The molecule has 3 heterocycles. The second-order valence-corrected chi connectivity index (χ2v) is 8.71. The zero-order valence-electron chi connectivity index (χ0n) is 14.9. The highest BCUT2D eigenvalue weighted by Gasteiger charge is 2.39. The van der Waals surface area contributed by atoms with Gasteiger partial charge in [-0.15, -0.1) is 0 Å². The molecule has 0 atom stereocenters. The van der Waals surface area contributed by atoms with Gasteiger partial charge in [0.2, 0.25) is 10.0 Å². The second kappa shape index (κ2) is 6.79. The summed E-state index contributed by atoms with van der Waals surface area (Å²) < 4.78 is 25.9. The van der Waals surface area contributed by atoms with E-state index < -0.39 is 10.0 Å². The number of benzene rings is 1. The van der Waals surface area contributed by atoms with Gasteiger partial charge in [-0.05, 0) is 36.4 Å². The molecule has 2 aromatic heterocycles. The summed E-state index contributed by atoms with van der Waals surface area (Å²) in [5.41, 5.74) is 2.27. The van der Waals surface area contributed by atoms with E-state index in [0.717, 1.165) is 10.9 Å². The maximum atomic E-state index is 12.7. The van der Waals surface area contributed by atoms with Crippen LogP contribution in [-0.2, 0) is 16.6 Å². The Morgan fingerprint density at radius 2 is 2.07 bits per heavy atom. The summed E-state index contributed by atoms with van der Waals surface area (Å²) >= 11 is 0. The van der Waals surface area contributed by atoms with Crippen molar-refractivity contribution in [2.75, 3.05) is 19.3 Å². The van der Waals surface area contributed by atoms with E-state index in [4.69, 9.17) is 0 Å². The van der Waals surface area contributed by atoms with Crippen molar-refractivity contribution >= 4 is 26.8 Å². The maximum Gasteiger partial charge on any atom is 0.253 e. The number of likely N-dealkylation sites (tertiary alicyclic amines) is 1. The Labute approximate surface area is 157 Å². The quantitative estimate of drug-likeness (QED) is 0.727. The number of aromatic nitrogens is 2. The van der Waals surface area contributed by atoms with Gasteiger partial charge in [-0.25, -0.2) is 8.42 Å². The molecule has 1 amide bonds. The van der Waals surface area contributed by atoms with Crippen LogP contribution in [-0.4, -0.2) is 58.9 Å². The molecule has 0 unspecified atom stereocenters. The van der Waals surface area contributed by atoms with E-state index in [9.17, 15) is 13.2 Å². The SMILES string of the molecule is CS(=O)(=O)N(Cc1ccccn1)C1CN(C(=O)c2ccc3[nH]ccc3c2)C1. The first-order chi connectivity index (χ1) is 12.9. The molecule has 1 aliphatic rings. The standard InChI is InChI=1S/C19H20N4O3S/c1-27(25,26)23(11-16-4-2-3-8-20-16)17-12-22(13-17)19(24)15-5-6-18-14(10-15)7-9-21-18/h2-10,17,21H,11-13H2,1H3. The molecule has 0 aliphatic carbocycles. The van der Waals surface area contributed by atoms with Gasteiger partial charge in [0.1, 0.15) is 0 Å². The molecule has 0 saturated carbocycles. The van der Waals surface area contributed by atoms with Gasteiger partial charge in [-0.1, -0.05) is 6.07 Å². The van der Waals surface area contributed by atoms with E-state index in [0.29, 0.717) is 24.3 Å². The van der Waals surface area contributed by atoms with Crippen LogP contribution in [0, 0.1) is 0 Å². The van der Waals surface area contributed by atoms with Crippen molar-refractivity contribution in [3.05, 3.63) is 66.1 Å². The van der Waals surface area contributed by atoms with Gasteiger partial charge < -0.3 is 9.88 Å². The van der Waals surface area contributed by atoms with Crippen molar-refractivity contribution in [2.24, 2.45) is 0 Å². The third kappa shape index (κ3) is 3.58. The van der Waals surface area contributed by atoms with Crippen LogP contribution in [0.1, 0.15) is 16.1 Å². The van der Waals surface area contributed by atoms with Gasteiger partial charge in [0, 0.05) is 41.9 Å². The monoisotopic (exact) mass is 384 g/mol. The molecule has 1 saturated heterocycles. The number of H-pyrrole nitrogens is 1. The minimum atomic E-state index is -3.41. The normalized spacial score (nSPS) is 15.3. The summed E-state index contributed by atoms with van der Waals surface area (Å²) in [6.45, 7) is 0.968. The van der Waals surface area contributed by atoms with Crippen LogP contribution in [0.25, 0.3) is 10.9 Å². The second-order valence-electron chi connectivity index (χ2n) is 6.77. The van der Waals surface area contributed by atoms with Crippen molar-refractivity contribution in [1.82, 2.24) is 19.2 Å². The highest BCUT2D eigenvalue weighted by Crippen LogP contribution is 2.23. The zero-order valence-corrected chi connectivity index (χ0v) is 15.7. The Morgan fingerprint density at radius 3 is 2.78 bits per heavy atom. The molecule has 3 aromatic rings. The van der Waals surface area contributed by atoms with Crippen LogP contribution >= 0.6 is 0 Å². The number of aromatic amines is 1. The number of fused-ring (bicyclic) bond motifs is 1. The van der Waals surface area contributed by atoms with Crippen LogP contribution < -0.4 is 0 Å². The predicted molar refractivity (Wildman–Crippen MR) is 103 cm³/mol. The summed E-state index contributed by atoms with van der Waals surface area (Å²) in [6.07, 6.45) is 4.67. The number of sulfonamides is 1. The van der Waals surface area contributed by atoms with Crippen molar-refractivity contribution in [1.29, 1.82) is 0 Å². The third-order valence-corrected chi connectivity index (χ3v) is 6.11. The molecule has 1 N–H and O–H groups in total. The topological polar surface area (TPSA) is 86.4 Å². The lowest BCUT2D eigenvalue weighted by atomic mass is 10.1. The van der Waals surface area contributed by atoms with Crippen molar-refractivity contribution in [3.63, 3.8) is 0 Å². The average Bonchev–Trinajstić information content (AvgIpc) is 3.07. The average molecular weight is 384 g/mol. The molecular formula is C19H20N4O3S. The molecule has 1 aromatic carbocycles. The number of carbonyl (C=O) groups excluding carboxylic acids is 1. The van der Waals surface area contributed by atoms with Crippen LogP contribution in [0.3, 0.4) is 0 Å². The summed E-state index contributed by atoms with van der Waals surface area (Å²) in [6, 6.07) is 12.6. The summed E-state index contributed by atoms with van der Waals surface area (Å²) in [4.78, 5) is 21.7. The molecule has 1 fully saturated rings. The Kier molecular flexibility index (Phi) is 4.45. The number of carbonyl (C=O) groups is 1. The number of pyridine rings is 1. The van der Waals surface area contributed by atoms with Gasteiger partial charge in [0.15, 0.2) is 0 Å². The van der Waals surface area contributed by atoms with E-state index in [1.807, 2.05) is 30.5 Å². The number of amides is 1.